The molecule has 3 N–H and O–H groups in total. The van der Waals surface area contributed by atoms with E-state index in [9.17, 15) is 13.2 Å². The minimum absolute atomic E-state index is 0.0910. The summed E-state index contributed by atoms with van der Waals surface area (Å²) in [7, 11) is -3.71. The van der Waals surface area contributed by atoms with Crippen LogP contribution in [0.2, 0.25) is 0 Å². The molecular weight excluding hydrogens is 432 g/mol. The lowest BCUT2D eigenvalue weighted by Crippen LogP contribution is -2.49. The van der Waals surface area contributed by atoms with Gasteiger partial charge < -0.3 is 20.2 Å². The SMILES string of the molecule is CCCC(=N)c1cc(=O)[nH]c(-c2cc(S(=O)(=O)N3CC(CCCO)C3)ccc2OCC)n1. The van der Waals surface area contributed by atoms with E-state index in [4.69, 9.17) is 15.3 Å². The van der Waals surface area contributed by atoms with Crippen molar-refractivity contribution in [1.82, 2.24) is 14.3 Å². The molecule has 0 atom stereocenters. The molecule has 2 heterocycles. The Morgan fingerprint density at radius 2 is 2.06 bits per heavy atom. The van der Waals surface area contributed by atoms with Crippen LogP contribution in [0.4, 0.5) is 0 Å². The summed E-state index contributed by atoms with van der Waals surface area (Å²) in [5.41, 5.74) is 0.441. The van der Waals surface area contributed by atoms with Crippen molar-refractivity contribution in [3.05, 3.63) is 40.3 Å². The molecule has 2 aromatic rings. The number of ether oxygens (including phenoxy) is 1. The summed E-state index contributed by atoms with van der Waals surface area (Å²) in [6, 6.07) is 5.80. The van der Waals surface area contributed by atoms with E-state index in [0.29, 0.717) is 43.9 Å². The minimum Gasteiger partial charge on any atom is -0.493 e. The van der Waals surface area contributed by atoms with Crippen molar-refractivity contribution >= 4 is 15.7 Å². The molecule has 10 heteroatoms. The fourth-order valence-electron chi connectivity index (χ4n) is 3.68. The molecule has 1 aromatic carbocycles. The minimum atomic E-state index is -3.71. The van der Waals surface area contributed by atoms with Crippen LogP contribution in [0.15, 0.2) is 34.0 Å². The Hall–Kier alpha value is -2.56. The summed E-state index contributed by atoms with van der Waals surface area (Å²) in [5, 5.41) is 17.1. The molecule has 9 nitrogen and oxygen atoms in total. The average molecular weight is 463 g/mol. The summed E-state index contributed by atoms with van der Waals surface area (Å²) in [5.74, 6) is 0.815. The van der Waals surface area contributed by atoms with E-state index in [0.717, 1.165) is 12.8 Å². The molecule has 1 aliphatic rings. The van der Waals surface area contributed by atoms with Gasteiger partial charge in [0.05, 0.1) is 28.5 Å². The fraction of sp³-hybridized carbons (Fsp3) is 0.500. The number of sulfonamides is 1. The second-order valence-electron chi connectivity index (χ2n) is 7.85. The summed E-state index contributed by atoms with van der Waals surface area (Å²) in [6.07, 6.45) is 2.68. The van der Waals surface area contributed by atoms with E-state index in [-0.39, 0.29) is 34.7 Å². The van der Waals surface area contributed by atoms with Crippen LogP contribution in [-0.2, 0) is 10.0 Å². The first-order chi connectivity index (χ1) is 15.3. The van der Waals surface area contributed by atoms with E-state index >= 15 is 0 Å². The van der Waals surface area contributed by atoms with Crippen LogP contribution in [0.5, 0.6) is 5.75 Å². The molecule has 1 aliphatic heterocycles. The van der Waals surface area contributed by atoms with Crippen LogP contribution >= 0.6 is 0 Å². The third kappa shape index (κ3) is 5.25. The van der Waals surface area contributed by atoms with Gasteiger partial charge >= 0.3 is 0 Å². The van der Waals surface area contributed by atoms with Gasteiger partial charge in [-0.1, -0.05) is 13.3 Å². The Morgan fingerprint density at radius 3 is 2.72 bits per heavy atom. The molecule has 1 saturated heterocycles. The zero-order valence-electron chi connectivity index (χ0n) is 18.4. The third-order valence-electron chi connectivity index (χ3n) is 5.39. The Bertz CT molecular complexity index is 1120. The standard InChI is InChI=1S/C22H30N4O5S/c1-3-6-18(23)19-12-21(28)25-22(24-19)17-11-16(8-9-20(17)31-4-2)32(29,30)26-13-15(14-26)7-5-10-27/h8-9,11-12,15,23,27H,3-7,10,13-14H2,1-2H3,(H,24,25,28). The van der Waals surface area contributed by atoms with E-state index in [1.165, 1.54) is 22.5 Å². The van der Waals surface area contributed by atoms with Gasteiger partial charge in [-0.15, -0.1) is 0 Å². The van der Waals surface area contributed by atoms with Gasteiger partial charge in [0.15, 0.2) is 0 Å². The Balaban J connectivity index is 1.98. The van der Waals surface area contributed by atoms with Crippen molar-refractivity contribution in [2.24, 2.45) is 5.92 Å². The monoisotopic (exact) mass is 462 g/mol. The lowest BCUT2D eigenvalue weighted by Gasteiger charge is -2.38. The molecule has 1 aromatic heterocycles. The smallest absolute Gasteiger partial charge is 0.251 e. The zero-order chi connectivity index (χ0) is 23.3. The highest BCUT2D eigenvalue weighted by molar-refractivity contribution is 7.89. The molecular formula is C22H30N4O5S. The molecule has 0 radical (unpaired) electrons. The van der Waals surface area contributed by atoms with E-state index in [2.05, 4.69) is 9.97 Å². The van der Waals surface area contributed by atoms with Crippen LogP contribution in [0.3, 0.4) is 0 Å². The summed E-state index contributed by atoms with van der Waals surface area (Å²) < 4.78 is 33.3. The number of aliphatic hydroxyl groups excluding tert-OH is 1. The Morgan fingerprint density at radius 1 is 1.31 bits per heavy atom. The van der Waals surface area contributed by atoms with E-state index < -0.39 is 15.6 Å². The molecule has 0 amide bonds. The maximum Gasteiger partial charge on any atom is 0.251 e. The van der Waals surface area contributed by atoms with Crippen molar-refractivity contribution in [3.8, 4) is 17.1 Å². The number of aliphatic hydroxyl groups is 1. The predicted molar refractivity (Wildman–Crippen MR) is 122 cm³/mol. The fourth-order valence-corrected chi connectivity index (χ4v) is 5.30. The highest BCUT2D eigenvalue weighted by Gasteiger charge is 2.36. The van der Waals surface area contributed by atoms with Gasteiger partial charge in [-0.3, -0.25) is 4.79 Å². The molecule has 32 heavy (non-hydrogen) atoms. The first-order valence-corrected chi connectivity index (χ1v) is 12.3. The molecule has 0 saturated carbocycles. The van der Waals surface area contributed by atoms with Crippen molar-refractivity contribution in [3.63, 3.8) is 0 Å². The lowest BCUT2D eigenvalue weighted by molar-refractivity contribution is 0.173. The van der Waals surface area contributed by atoms with Gasteiger partial charge in [-0.05, 0) is 50.3 Å². The molecule has 174 valence electrons. The number of nitrogens with zero attached hydrogens (tertiary/aromatic N) is 2. The maximum atomic E-state index is 13.1. The highest BCUT2D eigenvalue weighted by atomic mass is 32.2. The van der Waals surface area contributed by atoms with Crippen LogP contribution in [0.25, 0.3) is 11.4 Å². The number of hydrogen-bond acceptors (Lipinski definition) is 7. The topological polar surface area (TPSA) is 136 Å². The van der Waals surface area contributed by atoms with Gasteiger partial charge in [0, 0.05) is 25.8 Å². The second-order valence-corrected chi connectivity index (χ2v) is 9.79. The van der Waals surface area contributed by atoms with E-state index in [1.54, 1.807) is 6.07 Å². The predicted octanol–water partition coefficient (Wildman–Crippen LogP) is 2.40. The van der Waals surface area contributed by atoms with Crippen LogP contribution < -0.4 is 10.3 Å². The number of aromatic nitrogens is 2. The van der Waals surface area contributed by atoms with Crippen LogP contribution in [-0.4, -0.2) is 59.8 Å². The number of aromatic amines is 1. The van der Waals surface area contributed by atoms with Crippen LogP contribution in [0.1, 0.15) is 45.2 Å². The largest absolute Gasteiger partial charge is 0.493 e. The number of H-pyrrole nitrogens is 1. The number of nitrogens with one attached hydrogen (secondary N) is 2. The van der Waals surface area contributed by atoms with Gasteiger partial charge in [-0.2, -0.15) is 4.31 Å². The summed E-state index contributed by atoms with van der Waals surface area (Å²) in [4.78, 5) is 19.4. The van der Waals surface area contributed by atoms with Crippen LogP contribution in [0, 0.1) is 11.3 Å². The number of rotatable bonds is 11. The maximum absolute atomic E-state index is 13.1. The van der Waals surface area contributed by atoms with Crippen molar-refractivity contribution in [1.29, 1.82) is 5.41 Å². The van der Waals surface area contributed by atoms with Crippen molar-refractivity contribution in [2.75, 3.05) is 26.3 Å². The van der Waals surface area contributed by atoms with Gasteiger partial charge in [0.25, 0.3) is 5.56 Å². The normalized spacial score (nSPS) is 14.8. The third-order valence-corrected chi connectivity index (χ3v) is 7.22. The first-order valence-electron chi connectivity index (χ1n) is 10.9. The summed E-state index contributed by atoms with van der Waals surface area (Å²) >= 11 is 0. The quantitative estimate of drug-likeness (QED) is 0.439. The molecule has 1 fully saturated rings. The molecule has 0 aliphatic carbocycles. The molecule has 0 bridgehead atoms. The second kappa shape index (κ2) is 10.4. The van der Waals surface area contributed by atoms with Gasteiger partial charge in [0.2, 0.25) is 10.0 Å². The lowest BCUT2D eigenvalue weighted by atomic mass is 9.98. The van der Waals surface area contributed by atoms with Gasteiger partial charge in [0.1, 0.15) is 11.6 Å². The zero-order valence-corrected chi connectivity index (χ0v) is 19.2. The average Bonchev–Trinajstić information content (AvgIpc) is 2.72. The number of benzene rings is 1. The van der Waals surface area contributed by atoms with Crippen molar-refractivity contribution in [2.45, 2.75) is 44.4 Å². The first kappa shape index (κ1) is 24.1. The van der Waals surface area contributed by atoms with Gasteiger partial charge in [-0.25, -0.2) is 13.4 Å². The summed E-state index contributed by atoms with van der Waals surface area (Å²) in [6.45, 7) is 5.05. The van der Waals surface area contributed by atoms with Crippen molar-refractivity contribution < 1.29 is 18.3 Å². The molecule has 0 spiro atoms. The van der Waals surface area contributed by atoms with E-state index in [1.807, 2.05) is 13.8 Å². The highest BCUT2D eigenvalue weighted by Crippen LogP contribution is 2.33. The number of hydrogen-bond donors (Lipinski definition) is 3. The Labute approximate surface area is 188 Å². The Kier molecular flexibility index (Phi) is 7.81. The molecule has 0 unspecified atom stereocenters. The molecule has 3 rings (SSSR count).